The van der Waals surface area contributed by atoms with E-state index in [1.807, 2.05) is 0 Å². The van der Waals surface area contributed by atoms with Crippen molar-refractivity contribution in [3.8, 4) is 0 Å². The highest BCUT2D eigenvalue weighted by atomic mass is 19.4. The van der Waals surface area contributed by atoms with Crippen molar-refractivity contribution in [2.75, 3.05) is 19.8 Å². The monoisotopic (exact) mass is 373 g/mol. The molecule has 0 aliphatic rings. The third-order valence-corrected chi connectivity index (χ3v) is 3.48. The fourth-order valence-corrected chi connectivity index (χ4v) is 2.46. The zero-order valence-electron chi connectivity index (χ0n) is 14.1. The molecular formula is C16H18F3N3O4. The SMILES string of the molecule is CC(C)n1c(C(F)(F)F)nc2cc(C(=O)NCCOCC(=O)O)ccc21. The Balaban J connectivity index is 2.18. The highest BCUT2D eigenvalue weighted by Gasteiger charge is 2.38. The first-order valence-electron chi connectivity index (χ1n) is 7.78. The van der Waals surface area contributed by atoms with E-state index in [0.717, 1.165) is 4.57 Å². The Morgan fingerprint density at radius 2 is 2.04 bits per heavy atom. The van der Waals surface area contributed by atoms with E-state index in [9.17, 15) is 22.8 Å². The number of carbonyl (C=O) groups excluding carboxylic acids is 1. The second kappa shape index (κ2) is 7.73. The smallest absolute Gasteiger partial charge is 0.449 e. The number of fused-ring (bicyclic) bond motifs is 1. The molecule has 2 aromatic rings. The van der Waals surface area contributed by atoms with Crippen molar-refractivity contribution in [2.45, 2.75) is 26.1 Å². The van der Waals surface area contributed by atoms with Crippen LogP contribution in [-0.4, -0.2) is 46.3 Å². The first kappa shape index (κ1) is 19.7. The van der Waals surface area contributed by atoms with Crippen molar-refractivity contribution in [1.82, 2.24) is 14.9 Å². The lowest BCUT2D eigenvalue weighted by Crippen LogP contribution is -2.27. The molecule has 0 saturated carbocycles. The van der Waals surface area contributed by atoms with Gasteiger partial charge in [-0.1, -0.05) is 0 Å². The highest BCUT2D eigenvalue weighted by molar-refractivity contribution is 5.97. The number of ether oxygens (including phenoxy) is 1. The average Bonchev–Trinajstić information content (AvgIpc) is 2.93. The molecule has 0 atom stereocenters. The van der Waals surface area contributed by atoms with E-state index in [2.05, 4.69) is 10.3 Å². The van der Waals surface area contributed by atoms with Gasteiger partial charge in [0, 0.05) is 18.2 Å². The Kier molecular flexibility index (Phi) is 5.86. The van der Waals surface area contributed by atoms with Gasteiger partial charge in [-0.2, -0.15) is 13.2 Å². The van der Waals surface area contributed by atoms with Crippen molar-refractivity contribution in [1.29, 1.82) is 0 Å². The van der Waals surface area contributed by atoms with Gasteiger partial charge in [-0.25, -0.2) is 9.78 Å². The Bertz CT molecular complexity index is 815. The summed E-state index contributed by atoms with van der Waals surface area (Å²) in [6.07, 6.45) is -4.60. The van der Waals surface area contributed by atoms with Crippen LogP contribution in [0.5, 0.6) is 0 Å². The van der Waals surface area contributed by atoms with Crippen molar-refractivity contribution >= 4 is 22.9 Å². The second-order valence-electron chi connectivity index (χ2n) is 5.80. The fraction of sp³-hybridized carbons (Fsp3) is 0.438. The fourth-order valence-electron chi connectivity index (χ4n) is 2.46. The molecule has 0 fully saturated rings. The minimum atomic E-state index is -4.60. The number of nitrogens with zero attached hydrogens (tertiary/aromatic N) is 2. The van der Waals surface area contributed by atoms with E-state index < -0.39 is 36.5 Å². The van der Waals surface area contributed by atoms with Crippen LogP contribution >= 0.6 is 0 Å². The molecule has 0 saturated heterocycles. The Hall–Kier alpha value is -2.62. The molecule has 2 rings (SSSR count). The molecule has 0 spiro atoms. The molecule has 1 amide bonds. The lowest BCUT2D eigenvalue weighted by atomic mass is 10.2. The molecule has 1 aromatic heterocycles. The minimum Gasteiger partial charge on any atom is -0.480 e. The van der Waals surface area contributed by atoms with Gasteiger partial charge in [0.2, 0.25) is 5.82 Å². The van der Waals surface area contributed by atoms with Crippen molar-refractivity contribution in [3.63, 3.8) is 0 Å². The number of amides is 1. The largest absolute Gasteiger partial charge is 0.480 e. The molecule has 142 valence electrons. The van der Waals surface area contributed by atoms with Crippen LogP contribution in [0.15, 0.2) is 18.2 Å². The maximum Gasteiger partial charge on any atom is 0.449 e. The lowest BCUT2D eigenvalue weighted by molar-refractivity contribution is -0.147. The molecule has 2 N–H and O–H groups in total. The van der Waals surface area contributed by atoms with Crippen LogP contribution in [0.2, 0.25) is 0 Å². The highest BCUT2D eigenvalue weighted by Crippen LogP contribution is 2.33. The van der Waals surface area contributed by atoms with Crippen molar-refractivity contribution < 1.29 is 32.6 Å². The van der Waals surface area contributed by atoms with Gasteiger partial charge in [0.05, 0.1) is 17.6 Å². The van der Waals surface area contributed by atoms with Crippen LogP contribution in [0.25, 0.3) is 11.0 Å². The summed E-state index contributed by atoms with van der Waals surface area (Å²) in [7, 11) is 0. The van der Waals surface area contributed by atoms with Crippen LogP contribution in [0, 0.1) is 0 Å². The van der Waals surface area contributed by atoms with Gasteiger partial charge in [-0.05, 0) is 32.0 Å². The van der Waals surface area contributed by atoms with E-state index in [1.54, 1.807) is 13.8 Å². The Labute approximate surface area is 146 Å². The van der Waals surface area contributed by atoms with Crippen molar-refractivity contribution in [2.24, 2.45) is 0 Å². The number of imidazole rings is 1. The first-order valence-corrected chi connectivity index (χ1v) is 7.78. The molecule has 0 bridgehead atoms. The first-order chi connectivity index (χ1) is 12.1. The molecular weight excluding hydrogens is 355 g/mol. The maximum absolute atomic E-state index is 13.2. The van der Waals surface area contributed by atoms with Gasteiger partial charge in [-0.3, -0.25) is 4.79 Å². The van der Waals surface area contributed by atoms with Crippen LogP contribution in [0.4, 0.5) is 13.2 Å². The maximum atomic E-state index is 13.2. The number of aromatic nitrogens is 2. The van der Waals surface area contributed by atoms with Gasteiger partial charge >= 0.3 is 12.1 Å². The molecule has 0 unspecified atom stereocenters. The summed E-state index contributed by atoms with van der Waals surface area (Å²) in [4.78, 5) is 26.0. The molecule has 1 heterocycles. The van der Waals surface area contributed by atoms with E-state index in [0.29, 0.717) is 0 Å². The minimum absolute atomic E-state index is 0.000479. The van der Waals surface area contributed by atoms with Gasteiger partial charge in [0.1, 0.15) is 6.61 Å². The van der Waals surface area contributed by atoms with Gasteiger partial charge in [0.25, 0.3) is 5.91 Å². The average molecular weight is 373 g/mol. The van der Waals surface area contributed by atoms with Gasteiger partial charge < -0.3 is 19.7 Å². The summed E-state index contributed by atoms with van der Waals surface area (Å²) >= 11 is 0. The number of carboxylic acid groups (broad SMARTS) is 1. The number of carbonyl (C=O) groups is 2. The summed E-state index contributed by atoms with van der Waals surface area (Å²) in [6, 6.07) is 3.67. The van der Waals surface area contributed by atoms with Crippen LogP contribution < -0.4 is 5.32 Å². The molecule has 0 aliphatic heterocycles. The number of aliphatic carboxylic acids is 1. The summed E-state index contributed by atoms with van der Waals surface area (Å²) in [5.74, 6) is -2.65. The number of nitrogens with one attached hydrogen (secondary N) is 1. The summed E-state index contributed by atoms with van der Waals surface area (Å²) < 4.78 is 45.4. The summed E-state index contributed by atoms with van der Waals surface area (Å²) in [6.45, 7) is 2.83. The molecule has 0 aliphatic carbocycles. The number of hydrogen-bond donors (Lipinski definition) is 2. The topological polar surface area (TPSA) is 93.5 Å². The van der Waals surface area contributed by atoms with Crippen LogP contribution in [0.3, 0.4) is 0 Å². The van der Waals surface area contributed by atoms with E-state index >= 15 is 0 Å². The predicted molar refractivity (Wildman–Crippen MR) is 85.9 cm³/mol. The number of alkyl halides is 3. The third-order valence-electron chi connectivity index (χ3n) is 3.48. The van der Waals surface area contributed by atoms with Crippen molar-refractivity contribution in [3.05, 3.63) is 29.6 Å². The predicted octanol–water partition coefficient (Wildman–Crippen LogP) is 2.47. The number of hydrogen-bond acceptors (Lipinski definition) is 4. The summed E-state index contributed by atoms with van der Waals surface area (Å²) in [5.41, 5.74) is 0.507. The zero-order chi connectivity index (χ0) is 19.5. The third kappa shape index (κ3) is 4.51. The number of rotatable bonds is 7. The Morgan fingerprint density at radius 1 is 1.35 bits per heavy atom. The molecule has 7 nitrogen and oxygen atoms in total. The van der Waals surface area contributed by atoms with E-state index in [4.69, 9.17) is 9.84 Å². The normalized spacial score (nSPS) is 11.9. The van der Waals surface area contributed by atoms with Gasteiger partial charge in [0.15, 0.2) is 0 Å². The molecule has 0 radical (unpaired) electrons. The number of carboxylic acids is 1. The van der Waals surface area contributed by atoms with Gasteiger partial charge in [-0.15, -0.1) is 0 Å². The number of halogens is 3. The zero-order valence-corrected chi connectivity index (χ0v) is 14.1. The Morgan fingerprint density at radius 3 is 2.62 bits per heavy atom. The van der Waals surface area contributed by atoms with Crippen LogP contribution in [0.1, 0.15) is 36.1 Å². The van der Waals surface area contributed by atoms with Crippen LogP contribution in [-0.2, 0) is 15.7 Å². The summed E-state index contributed by atoms with van der Waals surface area (Å²) in [5, 5.41) is 10.9. The molecule has 10 heteroatoms. The number of benzene rings is 1. The standard InChI is InChI=1S/C16H18F3N3O4/c1-9(2)22-12-4-3-10(7-11(12)21-15(22)16(17,18)19)14(25)20-5-6-26-8-13(23)24/h3-4,7,9H,5-6,8H2,1-2H3,(H,20,25)(H,23,24). The molecule has 26 heavy (non-hydrogen) atoms. The molecule has 1 aromatic carbocycles. The van der Waals surface area contributed by atoms with E-state index in [-0.39, 0.29) is 29.7 Å². The lowest BCUT2D eigenvalue weighted by Gasteiger charge is -2.14. The van der Waals surface area contributed by atoms with E-state index in [1.165, 1.54) is 18.2 Å². The second-order valence-corrected chi connectivity index (χ2v) is 5.80. The quantitative estimate of drug-likeness (QED) is 0.728.